The average molecular weight is 398 g/mol. The van der Waals surface area contributed by atoms with Crippen molar-refractivity contribution < 1.29 is 9.21 Å². The van der Waals surface area contributed by atoms with Crippen molar-refractivity contribution in [3.8, 4) is 0 Å². The zero-order valence-electron chi connectivity index (χ0n) is 16.5. The molecule has 0 bridgehead atoms. The smallest absolute Gasteiger partial charge is 0.261 e. The minimum Gasteiger partial charge on any atom is -0.463 e. The van der Waals surface area contributed by atoms with Crippen LogP contribution in [0, 0.1) is 0 Å². The van der Waals surface area contributed by atoms with Crippen molar-refractivity contribution in [3.05, 3.63) is 112 Å². The minimum absolute atomic E-state index is 0.0457. The van der Waals surface area contributed by atoms with Crippen molar-refractivity contribution in [2.24, 2.45) is 0 Å². The third-order valence-corrected chi connectivity index (χ3v) is 5.01. The van der Waals surface area contributed by atoms with E-state index in [0.29, 0.717) is 24.1 Å². The number of fused-ring (bicyclic) bond motifs is 1. The van der Waals surface area contributed by atoms with Crippen LogP contribution in [0.15, 0.2) is 94.5 Å². The number of carbonyl (C=O) groups is 1. The normalized spacial score (nSPS) is 10.8. The second-order valence-electron chi connectivity index (χ2n) is 7.11. The van der Waals surface area contributed by atoms with Gasteiger partial charge in [0.1, 0.15) is 17.4 Å². The maximum absolute atomic E-state index is 13.3. The molecular formula is C25H22N2O3. The van der Waals surface area contributed by atoms with Gasteiger partial charge in [0.25, 0.3) is 5.91 Å². The second-order valence-corrected chi connectivity index (χ2v) is 7.11. The fourth-order valence-electron chi connectivity index (χ4n) is 3.45. The molecule has 5 heteroatoms. The lowest BCUT2D eigenvalue weighted by atomic mass is 10.1. The molecule has 0 radical (unpaired) electrons. The number of carbonyl (C=O) groups excluding carboxylic acids is 1. The fraction of sp³-hybridized carbons (Fsp3) is 0.160. The Bertz CT molecular complexity index is 1190. The van der Waals surface area contributed by atoms with Gasteiger partial charge in [0, 0.05) is 12.7 Å². The third kappa shape index (κ3) is 4.46. The highest BCUT2D eigenvalue weighted by Gasteiger charge is 2.21. The molecule has 0 saturated heterocycles. The summed E-state index contributed by atoms with van der Waals surface area (Å²) in [6.07, 6.45) is 4.60. The van der Waals surface area contributed by atoms with Gasteiger partial charge in [-0.15, -0.1) is 0 Å². The van der Waals surface area contributed by atoms with E-state index in [1.807, 2.05) is 36.4 Å². The number of aromatic nitrogens is 1. The largest absolute Gasteiger partial charge is 0.463 e. The molecule has 5 nitrogen and oxygen atoms in total. The molecule has 2 aromatic carbocycles. The van der Waals surface area contributed by atoms with Gasteiger partial charge in [0.15, 0.2) is 0 Å². The number of amides is 1. The monoisotopic (exact) mass is 398 g/mol. The van der Waals surface area contributed by atoms with Crippen LogP contribution in [0.25, 0.3) is 11.0 Å². The lowest BCUT2D eigenvalue weighted by Gasteiger charge is -2.22. The third-order valence-electron chi connectivity index (χ3n) is 5.01. The van der Waals surface area contributed by atoms with Gasteiger partial charge in [-0.1, -0.05) is 48.5 Å². The minimum atomic E-state index is -0.340. The lowest BCUT2D eigenvalue weighted by molar-refractivity contribution is 0.0736. The lowest BCUT2D eigenvalue weighted by Crippen LogP contribution is -2.35. The highest BCUT2D eigenvalue weighted by atomic mass is 16.3. The van der Waals surface area contributed by atoms with E-state index in [-0.39, 0.29) is 16.9 Å². The first-order valence-electron chi connectivity index (χ1n) is 9.96. The molecule has 1 amide bonds. The number of benzene rings is 2. The van der Waals surface area contributed by atoms with Gasteiger partial charge in [0.2, 0.25) is 5.43 Å². The molecule has 2 heterocycles. The Morgan fingerprint density at radius 3 is 2.50 bits per heavy atom. The number of aryl methyl sites for hydroxylation is 1. The van der Waals surface area contributed by atoms with Crippen LogP contribution in [0.4, 0.5) is 0 Å². The average Bonchev–Trinajstić information content (AvgIpc) is 2.80. The van der Waals surface area contributed by atoms with Gasteiger partial charge in [-0.3, -0.25) is 14.6 Å². The standard InChI is InChI=1S/C25H22N2O3/c28-24-21-13-4-5-14-23(21)30-18-22(24)25(29)27(17-20-12-6-7-15-26-20)16-8-11-19-9-2-1-3-10-19/h1-7,9-10,12-15,18H,8,11,16-17H2. The van der Waals surface area contributed by atoms with Gasteiger partial charge >= 0.3 is 0 Å². The van der Waals surface area contributed by atoms with Crippen molar-refractivity contribution >= 4 is 16.9 Å². The zero-order chi connectivity index (χ0) is 20.8. The van der Waals surface area contributed by atoms with E-state index < -0.39 is 0 Å². The molecule has 0 aliphatic heterocycles. The summed E-state index contributed by atoms with van der Waals surface area (Å²) in [5.41, 5.74) is 2.20. The Balaban J connectivity index is 1.58. The fourth-order valence-corrected chi connectivity index (χ4v) is 3.45. The zero-order valence-corrected chi connectivity index (χ0v) is 16.5. The van der Waals surface area contributed by atoms with Crippen molar-refractivity contribution in [2.45, 2.75) is 19.4 Å². The maximum atomic E-state index is 13.3. The molecule has 4 rings (SSSR count). The topological polar surface area (TPSA) is 63.4 Å². The summed E-state index contributed by atoms with van der Waals surface area (Å²) in [4.78, 5) is 32.2. The first-order chi connectivity index (χ1) is 14.7. The van der Waals surface area contributed by atoms with Gasteiger partial charge < -0.3 is 9.32 Å². The van der Waals surface area contributed by atoms with E-state index >= 15 is 0 Å². The van der Waals surface area contributed by atoms with Crippen LogP contribution < -0.4 is 5.43 Å². The summed E-state index contributed by atoms with van der Waals surface area (Å²) in [5, 5.41) is 0.408. The number of nitrogens with zero attached hydrogens (tertiary/aromatic N) is 2. The van der Waals surface area contributed by atoms with Crippen LogP contribution in [0.1, 0.15) is 28.0 Å². The van der Waals surface area contributed by atoms with Crippen LogP contribution in [0.5, 0.6) is 0 Å². The summed E-state index contributed by atoms with van der Waals surface area (Å²) in [7, 11) is 0. The molecule has 0 N–H and O–H groups in total. The Morgan fingerprint density at radius 2 is 1.70 bits per heavy atom. The molecular weight excluding hydrogens is 376 g/mol. The van der Waals surface area contributed by atoms with Gasteiger partial charge in [-0.2, -0.15) is 0 Å². The number of hydrogen-bond acceptors (Lipinski definition) is 4. The van der Waals surface area contributed by atoms with E-state index in [1.165, 1.54) is 11.8 Å². The summed E-state index contributed by atoms with van der Waals surface area (Å²) in [5.74, 6) is -0.340. The van der Waals surface area contributed by atoms with E-state index in [4.69, 9.17) is 4.42 Å². The summed E-state index contributed by atoms with van der Waals surface area (Å²) in [6.45, 7) is 0.845. The highest BCUT2D eigenvalue weighted by molar-refractivity contribution is 5.96. The van der Waals surface area contributed by atoms with Crippen molar-refractivity contribution in [1.82, 2.24) is 9.88 Å². The van der Waals surface area contributed by atoms with E-state index in [2.05, 4.69) is 17.1 Å². The molecule has 0 spiro atoms. The van der Waals surface area contributed by atoms with E-state index in [9.17, 15) is 9.59 Å². The van der Waals surface area contributed by atoms with E-state index in [1.54, 1.807) is 35.4 Å². The molecule has 0 saturated carbocycles. The maximum Gasteiger partial charge on any atom is 0.261 e. The number of hydrogen-bond donors (Lipinski definition) is 0. The predicted molar refractivity (Wildman–Crippen MR) is 116 cm³/mol. The summed E-state index contributed by atoms with van der Waals surface area (Å²) < 4.78 is 5.56. The quantitative estimate of drug-likeness (QED) is 0.461. The van der Waals surface area contributed by atoms with Crippen molar-refractivity contribution in [1.29, 1.82) is 0 Å². The molecule has 0 aliphatic rings. The molecule has 0 aliphatic carbocycles. The molecule has 4 aromatic rings. The van der Waals surface area contributed by atoms with Crippen molar-refractivity contribution in [3.63, 3.8) is 0 Å². The molecule has 0 atom stereocenters. The van der Waals surface area contributed by atoms with Crippen molar-refractivity contribution in [2.75, 3.05) is 6.54 Å². The Hall–Kier alpha value is -3.73. The highest BCUT2D eigenvalue weighted by Crippen LogP contribution is 2.14. The second kappa shape index (κ2) is 9.18. The van der Waals surface area contributed by atoms with Crippen LogP contribution in [-0.2, 0) is 13.0 Å². The Kier molecular flexibility index (Phi) is 5.99. The molecule has 0 unspecified atom stereocenters. The first kappa shape index (κ1) is 19.6. The summed E-state index contributed by atoms with van der Waals surface area (Å²) >= 11 is 0. The number of pyridine rings is 1. The van der Waals surface area contributed by atoms with Crippen LogP contribution in [0.3, 0.4) is 0 Å². The SMILES string of the molecule is O=C(c1coc2ccccc2c1=O)N(CCCc1ccccc1)Cc1ccccn1. The predicted octanol–water partition coefficient (Wildman–Crippen LogP) is 4.46. The first-order valence-corrected chi connectivity index (χ1v) is 9.96. The molecule has 2 aromatic heterocycles. The van der Waals surface area contributed by atoms with Gasteiger partial charge in [-0.05, 0) is 42.7 Å². The van der Waals surface area contributed by atoms with E-state index in [0.717, 1.165) is 18.5 Å². The number of para-hydroxylation sites is 1. The van der Waals surface area contributed by atoms with Gasteiger partial charge in [-0.25, -0.2) is 0 Å². The molecule has 150 valence electrons. The van der Waals surface area contributed by atoms with Gasteiger partial charge in [0.05, 0.1) is 17.6 Å². The molecule has 30 heavy (non-hydrogen) atoms. The Labute approximate surface area is 174 Å². The molecule has 0 fully saturated rings. The van der Waals surface area contributed by atoms with Crippen LogP contribution >= 0.6 is 0 Å². The van der Waals surface area contributed by atoms with Crippen LogP contribution in [0.2, 0.25) is 0 Å². The summed E-state index contributed by atoms with van der Waals surface area (Å²) in [6, 6.07) is 22.7. The van der Waals surface area contributed by atoms with Crippen LogP contribution in [-0.4, -0.2) is 22.3 Å². The number of rotatable bonds is 7. The Morgan fingerprint density at radius 1 is 0.933 bits per heavy atom.